The van der Waals surface area contributed by atoms with Gasteiger partial charge in [-0.15, -0.1) is 0 Å². The summed E-state index contributed by atoms with van der Waals surface area (Å²) in [6, 6.07) is 1.86. The number of esters is 1. The number of nitrogens with zero attached hydrogens (tertiary/aromatic N) is 3. The highest BCUT2D eigenvalue weighted by molar-refractivity contribution is 5.89. The highest BCUT2D eigenvalue weighted by atomic mass is 16.5. The summed E-state index contributed by atoms with van der Waals surface area (Å²) in [4.78, 5) is 25.1. The first-order valence-corrected chi connectivity index (χ1v) is 6.80. The predicted molar refractivity (Wildman–Crippen MR) is 76.8 cm³/mol. The lowest BCUT2D eigenvalue weighted by molar-refractivity contribution is 0.0592. The van der Waals surface area contributed by atoms with Gasteiger partial charge in [0, 0.05) is 30.1 Å². The standard InChI is InChI=1S/C15H16N4O2/c1-9-7-16-5-3-10(9)14-18-12-8-17-6-4-11(12)13(19-14)15(20)21-2/h3,5,7,17H,4,6,8H2,1-2H3. The molecular formula is C15H16N4O2. The highest BCUT2D eigenvalue weighted by Crippen LogP contribution is 2.23. The summed E-state index contributed by atoms with van der Waals surface area (Å²) in [7, 11) is 1.37. The monoisotopic (exact) mass is 284 g/mol. The Morgan fingerprint density at radius 2 is 2.24 bits per heavy atom. The van der Waals surface area contributed by atoms with Gasteiger partial charge in [0.05, 0.1) is 12.8 Å². The Bertz CT molecular complexity index is 700. The lowest BCUT2D eigenvalue weighted by Crippen LogP contribution is -2.28. The van der Waals surface area contributed by atoms with Crippen molar-refractivity contribution in [1.82, 2.24) is 20.3 Å². The van der Waals surface area contributed by atoms with E-state index in [0.29, 0.717) is 18.1 Å². The Kier molecular flexibility index (Phi) is 3.62. The van der Waals surface area contributed by atoms with E-state index in [1.165, 1.54) is 7.11 Å². The van der Waals surface area contributed by atoms with E-state index < -0.39 is 5.97 Å². The molecule has 0 saturated carbocycles. The minimum atomic E-state index is -0.413. The van der Waals surface area contributed by atoms with Crippen molar-refractivity contribution in [2.45, 2.75) is 19.9 Å². The van der Waals surface area contributed by atoms with Gasteiger partial charge in [0.25, 0.3) is 0 Å². The zero-order valence-corrected chi connectivity index (χ0v) is 12.0. The normalized spacial score (nSPS) is 13.6. The third kappa shape index (κ3) is 2.50. The molecule has 0 aromatic carbocycles. The largest absolute Gasteiger partial charge is 0.464 e. The van der Waals surface area contributed by atoms with Crippen molar-refractivity contribution in [1.29, 1.82) is 0 Å². The van der Waals surface area contributed by atoms with Crippen LogP contribution < -0.4 is 5.32 Å². The molecule has 0 amide bonds. The molecule has 0 fully saturated rings. The van der Waals surface area contributed by atoms with Crippen LogP contribution in [0.5, 0.6) is 0 Å². The van der Waals surface area contributed by atoms with Crippen molar-refractivity contribution in [2.24, 2.45) is 0 Å². The van der Waals surface area contributed by atoms with Gasteiger partial charge in [-0.25, -0.2) is 14.8 Å². The summed E-state index contributed by atoms with van der Waals surface area (Å²) in [5.74, 6) is 0.126. The molecule has 3 heterocycles. The summed E-state index contributed by atoms with van der Waals surface area (Å²) in [5.41, 5.74) is 3.97. The van der Waals surface area contributed by atoms with E-state index >= 15 is 0 Å². The number of carbonyl (C=O) groups excluding carboxylic acids is 1. The number of hydrogen-bond donors (Lipinski definition) is 1. The molecule has 6 heteroatoms. The summed E-state index contributed by atoms with van der Waals surface area (Å²) in [6.07, 6.45) is 4.19. The van der Waals surface area contributed by atoms with Gasteiger partial charge in [0.2, 0.25) is 0 Å². The van der Waals surface area contributed by atoms with Crippen LogP contribution in [0, 0.1) is 6.92 Å². The van der Waals surface area contributed by atoms with Gasteiger partial charge in [-0.1, -0.05) is 0 Å². The Labute approximate surface area is 122 Å². The molecule has 0 atom stereocenters. The van der Waals surface area contributed by atoms with Crippen LogP contribution in [0.15, 0.2) is 18.5 Å². The van der Waals surface area contributed by atoms with Crippen molar-refractivity contribution in [3.8, 4) is 11.4 Å². The highest BCUT2D eigenvalue weighted by Gasteiger charge is 2.23. The number of carbonyl (C=O) groups is 1. The van der Waals surface area contributed by atoms with Gasteiger partial charge in [-0.05, 0) is 31.5 Å². The first-order chi connectivity index (χ1) is 10.2. The zero-order valence-electron chi connectivity index (χ0n) is 12.0. The molecule has 1 aliphatic heterocycles. The number of nitrogens with one attached hydrogen (secondary N) is 1. The van der Waals surface area contributed by atoms with E-state index in [0.717, 1.165) is 35.3 Å². The molecule has 0 bridgehead atoms. The predicted octanol–water partition coefficient (Wildman–Crippen LogP) is 1.28. The van der Waals surface area contributed by atoms with Gasteiger partial charge in [0.1, 0.15) is 0 Å². The number of ether oxygens (including phenoxy) is 1. The maximum Gasteiger partial charge on any atom is 0.357 e. The van der Waals surface area contributed by atoms with Crippen LogP contribution in [-0.4, -0.2) is 34.6 Å². The van der Waals surface area contributed by atoms with Crippen LogP contribution >= 0.6 is 0 Å². The minimum Gasteiger partial charge on any atom is -0.464 e. The van der Waals surface area contributed by atoms with Gasteiger partial charge in [-0.2, -0.15) is 0 Å². The molecule has 1 N–H and O–H groups in total. The maximum absolute atomic E-state index is 12.0. The van der Waals surface area contributed by atoms with Crippen molar-refractivity contribution >= 4 is 5.97 Å². The molecule has 2 aromatic heterocycles. The molecule has 1 aliphatic rings. The average molecular weight is 284 g/mol. The second kappa shape index (κ2) is 5.57. The quantitative estimate of drug-likeness (QED) is 0.837. The lowest BCUT2D eigenvalue weighted by atomic mass is 10.0. The lowest BCUT2D eigenvalue weighted by Gasteiger charge is -2.19. The number of rotatable bonds is 2. The molecule has 108 valence electrons. The van der Waals surface area contributed by atoms with Gasteiger partial charge < -0.3 is 10.1 Å². The number of hydrogen-bond acceptors (Lipinski definition) is 6. The molecular weight excluding hydrogens is 268 g/mol. The van der Waals surface area contributed by atoms with E-state index in [2.05, 4.69) is 20.3 Å². The molecule has 2 aromatic rings. The van der Waals surface area contributed by atoms with Gasteiger partial charge in [-0.3, -0.25) is 4.98 Å². The second-order valence-corrected chi connectivity index (χ2v) is 4.93. The zero-order chi connectivity index (χ0) is 14.8. The Morgan fingerprint density at radius 3 is 3.00 bits per heavy atom. The number of fused-ring (bicyclic) bond motifs is 1. The third-order valence-corrected chi connectivity index (χ3v) is 3.58. The minimum absolute atomic E-state index is 0.371. The Morgan fingerprint density at radius 1 is 1.38 bits per heavy atom. The Balaban J connectivity index is 2.19. The SMILES string of the molecule is COC(=O)c1nc(-c2ccncc2C)nc2c1CCNC2. The summed E-state index contributed by atoms with van der Waals surface area (Å²) >= 11 is 0. The molecule has 0 spiro atoms. The van der Waals surface area contributed by atoms with Gasteiger partial charge in [0.15, 0.2) is 11.5 Å². The fourth-order valence-corrected chi connectivity index (χ4v) is 2.47. The number of methoxy groups -OCH3 is 1. The van der Waals surface area contributed by atoms with Gasteiger partial charge >= 0.3 is 5.97 Å². The second-order valence-electron chi connectivity index (χ2n) is 4.93. The third-order valence-electron chi connectivity index (χ3n) is 3.58. The van der Waals surface area contributed by atoms with Crippen LogP contribution in [0.3, 0.4) is 0 Å². The van der Waals surface area contributed by atoms with Crippen LogP contribution in [0.25, 0.3) is 11.4 Å². The molecule has 3 rings (SSSR count). The van der Waals surface area contributed by atoms with Crippen LogP contribution in [0.2, 0.25) is 0 Å². The van der Waals surface area contributed by atoms with Crippen LogP contribution in [-0.2, 0) is 17.7 Å². The van der Waals surface area contributed by atoms with Crippen molar-refractivity contribution < 1.29 is 9.53 Å². The van der Waals surface area contributed by atoms with E-state index in [1.54, 1.807) is 12.4 Å². The topological polar surface area (TPSA) is 77.0 Å². The summed E-state index contributed by atoms with van der Waals surface area (Å²) < 4.78 is 4.86. The molecule has 0 unspecified atom stereocenters. The first-order valence-electron chi connectivity index (χ1n) is 6.80. The number of aryl methyl sites for hydroxylation is 1. The van der Waals surface area contributed by atoms with Crippen LogP contribution in [0.1, 0.15) is 27.3 Å². The van der Waals surface area contributed by atoms with E-state index in [9.17, 15) is 4.79 Å². The van der Waals surface area contributed by atoms with Crippen molar-refractivity contribution in [2.75, 3.05) is 13.7 Å². The van der Waals surface area contributed by atoms with Crippen molar-refractivity contribution in [3.63, 3.8) is 0 Å². The fourth-order valence-electron chi connectivity index (χ4n) is 2.47. The summed E-state index contributed by atoms with van der Waals surface area (Å²) in [5, 5.41) is 3.26. The number of aromatic nitrogens is 3. The maximum atomic E-state index is 12.0. The van der Waals surface area contributed by atoms with Crippen LogP contribution in [0.4, 0.5) is 0 Å². The Hall–Kier alpha value is -2.34. The van der Waals surface area contributed by atoms with E-state index in [-0.39, 0.29) is 0 Å². The van der Waals surface area contributed by atoms with E-state index in [4.69, 9.17) is 4.74 Å². The number of pyridine rings is 1. The first kappa shape index (κ1) is 13.6. The molecule has 0 radical (unpaired) electrons. The molecule has 0 aliphatic carbocycles. The molecule has 6 nitrogen and oxygen atoms in total. The summed E-state index contributed by atoms with van der Waals surface area (Å²) in [6.45, 7) is 3.40. The van der Waals surface area contributed by atoms with Crippen molar-refractivity contribution in [3.05, 3.63) is 41.0 Å². The molecule has 21 heavy (non-hydrogen) atoms. The average Bonchev–Trinajstić information content (AvgIpc) is 2.53. The molecule has 0 saturated heterocycles. The smallest absolute Gasteiger partial charge is 0.357 e. The van der Waals surface area contributed by atoms with E-state index in [1.807, 2.05) is 13.0 Å². The fraction of sp³-hybridized carbons (Fsp3) is 0.333.